The molecule has 7 heteroatoms. The highest BCUT2D eigenvalue weighted by Gasteiger charge is 2.09. The molecule has 0 bridgehead atoms. The number of carbonyl (C=O) groups excluding carboxylic acids is 1. The van der Waals surface area contributed by atoms with E-state index in [1.54, 1.807) is 36.4 Å². The van der Waals surface area contributed by atoms with Gasteiger partial charge in [0.05, 0.1) is 18.2 Å². The van der Waals surface area contributed by atoms with Gasteiger partial charge in [0, 0.05) is 11.1 Å². The van der Waals surface area contributed by atoms with E-state index in [0.29, 0.717) is 28.3 Å². The van der Waals surface area contributed by atoms with Gasteiger partial charge in [0.2, 0.25) is 0 Å². The Labute approximate surface area is 137 Å². The van der Waals surface area contributed by atoms with Crippen LogP contribution in [0.2, 0.25) is 0 Å². The molecule has 3 rings (SSSR count). The van der Waals surface area contributed by atoms with E-state index in [4.69, 9.17) is 5.26 Å². The molecule has 0 aliphatic rings. The molecule has 0 radical (unpaired) electrons. The van der Waals surface area contributed by atoms with E-state index in [1.165, 1.54) is 12.1 Å². The predicted molar refractivity (Wildman–Crippen MR) is 84.1 cm³/mol. The van der Waals surface area contributed by atoms with Crippen LogP contribution in [0.1, 0.15) is 21.7 Å². The van der Waals surface area contributed by atoms with Gasteiger partial charge in [-0.2, -0.15) is 10.4 Å². The van der Waals surface area contributed by atoms with Crippen molar-refractivity contribution in [1.82, 2.24) is 20.5 Å². The summed E-state index contributed by atoms with van der Waals surface area (Å²) in [7, 11) is 0. The Hall–Kier alpha value is -3.53. The van der Waals surface area contributed by atoms with Gasteiger partial charge >= 0.3 is 0 Å². The average Bonchev–Trinajstić information content (AvgIpc) is 3.09. The first kappa shape index (κ1) is 15.4. The molecule has 2 aromatic carbocycles. The van der Waals surface area contributed by atoms with Gasteiger partial charge in [-0.3, -0.25) is 9.89 Å². The van der Waals surface area contributed by atoms with Gasteiger partial charge in [0.15, 0.2) is 5.82 Å². The number of amides is 1. The van der Waals surface area contributed by atoms with Crippen LogP contribution in [-0.2, 0) is 6.54 Å². The number of nitrogens with one attached hydrogen (secondary N) is 2. The van der Waals surface area contributed by atoms with Crippen molar-refractivity contribution in [3.8, 4) is 17.5 Å². The molecule has 6 nitrogen and oxygen atoms in total. The predicted octanol–water partition coefficient (Wildman–Crippen LogP) is 2.41. The molecule has 0 unspecified atom stereocenters. The van der Waals surface area contributed by atoms with Crippen LogP contribution in [0.15, 0.2) is 48.5 Å². The van der Waals surface area contributed by atoms with Crippen LogP contribution in [0.5, 0.6) is 0 Å². The third-order valence-corrected chi connectivity index (χ3v) is 3.33. The molecule has 0 saturated heterocycles. The standard InChI is InChI=1S/C17H12FN5O/c18-14-7-5-12(6-8-14)16-21-15(22-23-16)10-20-17(24)13-3-1-11(9-19)2-4-13/h1-8H,10H2,(H,20,24)(H,21,22,23). The molecule has 1 heterocycles. The zero-order chi connectivity index (χ0) is 16.9. The summed E-state index contributed by atoms with van der Waals surface area (Å²) in [6, 6.07) is 14.1. The number of hydrogen-bond acceptors (Lipinski definition) is 4. The van der Waals surface area contributed by atoms with Crippen molar-refractivity contribution in [2.24, 2.45) is 0 Å². The summed E-state index contributed by atoms with van der Waals surface area (Å²) in [5.41, 5.74) is 1.62. The van der Waals surface area contributed by atoms with Crippen molar-refractivity contribution in [3.63, 3.8) is 0 Å². The molecule has 0 atom stereocenters. The Morgan fingerprint density at radius 3 is 2.54 bits per heavy atom. The monoisotopic (exact) mass is 321 g/mol. The number of rotatable bonds is 4. The number of halogens is 1. The van der Waals surface area contributed by atoms with Crippen LogP contribution in [-0.4, -0.2) is 21.1 Å². The molecular formula is C17H12FN5O. The summed E-state index contributed by atoms with van der Waals surface area (Å²) >= 11 is 0. The Morgan fingerprint density at radius 1 is 1.17 bits per heavy atom. The second-order valence-corrected chi connectivity index (χ2v) is 4.98. The molecule has 2 N–H and O–H groups in total. The topological polar surface area (TPSA) is 94.5 Å². The highest BCUT2D eigenvalue weighted by molar-refractivity contribution is 5.94. The van der Waals surface area contributed by atoms with Gasteiger partial charge in [-0.15, -0.1) is 0 Å². The highest BCUT2D eigenvalue weighted by atomic mass is 19.1. The number of H-pyrrole nitrogens is 1. The lowest BCUT2D eigenvalue weighted by Crippen LogP contribution is -2.23. The van der Waals surface area contributed by atoms with Gasteiger partial charge in [-0.05, 0) is 48.5 Å². The summed E-state index contributed by atoms with van der Waals surface area (Å²) in [5, 5.41) is 18.2. The van der Waals surface area contributed by atoms with Gasteiger partial charge in [0.1, 0.15) is 11.6 Å². The second-order valence-electron chi connectivity index (χ2n) is 4.98. The smallest absolute Gasteiger partial charge is 0.251 e. The summed E-state index contributed by atoms with van der Waals surface area (Å²) in [5.74, 6) is 0.303. The van der Waals surface area contributed by atoms with Crippen molar-refractivity contribution in [1.29, 1.82) is 5.26 Å². The van der Waals surface area contributed by atoms with Crippen molar-refractivity contribution in [2.75, 3.05) is 0 Å². The van der Waals surface area contributed by atoms with E-state index in [1.807, 2.05) is 6.07 Å². The minimum Gasteiger partial charge on any atom is -0.345 e. The Balaban J connectivity index is 1.63. The van der Waals surface area contributed by atoms with Crippen LogP contribution in [0, 0.1) is 17.1 Å². The van der Waals surface area contributed by atoms with Crippen LogP contribution < -0.4 is 5.32 Å². The zero-order valence-electron chi connectivity index (χ0n) is 12.5. The third kappa shape index (κ3) is 3.44. The first-order valence-corrected chi connectivity index (χ1v) is 7.11. The molecule has 0 aliphatic heterocycles. The molecule has 24 heavy (non-hydrogen) atoms. The maximum absolute atomic E-state index is 12.9. The van der Waals surface area contributed by atoms with E-state index in [2.05, 4.69) is 20.5 Å². The number of nitrogens with zero attached hydrogens (tertiary/aromatic N) is 3. The summed E-state index contributed by atoms with van der Waals surface area (Å²) < 4.78 is 12.9. The highest BCUT2D eigenvalue weighted by Crippen LogP contribution is 2.14. The molecule has 0 aliphatic carbocycles. The Kier molecular flexibility index (Phi) is 4.29. The van der Waals surface area contributed by atoms with Crippen LogP contribution in [0.3, 0.4) is 0 Å². The van der Waals surface area contributed by atoms with E-state index in [-0.39, 0.29) is 18.3 Å². The van der Waals surface area contributed by atoms with E-state index >= 15 is 0 Å². The van der Waals surface area contributed by atoms with E-state index in [9.17, 15) is 9.18 Å². The lowest BCUT2D eigenvalue weighted by molar-refractivity contribution is 0.0950. The quantitative estimate of drug-likeness (QED) is 0.771. The van der Waals surface area contributed by atoms with E-state index < -0.39 is 0 Å². The maximum atomic E-state index is 12.9. The number of aromatic nitrogens is 3. The fraction of sp³-hybridized carbons (Fsp3) is 0.0588. The molecular weight excluding hydrogens is 309 g/mol. The van der Waals surface area contributed by atoms with Gasteiger partial charge in [-0.25, -0.2) is 9.37 Å². The summed E-state index contributed by atoms with van der Waals surface area (Å²) in [4.78, 5) is 16.3. The lowest BCUT2D eigenvalue weighted by Gasteiger charge is -2.02. The van der Waals surface area contributed by atoms with Crippen LogP contribution in [0.25, 0.3) is 11.4 Å². The van der Waals surface area contributed by atoms with E-state index in [0.717, 1.165) is 0 Å². The molecule has 3 aromatic rings. The molecule has 0 fully saturated rings. The third-order valence-electron chi connectivity index (χ3n) is 3.33. The Morgan fingerprint density at radius 2 is 1.88 bits per heavy atom. The number of benzene rings is 2. The normalized spacial score (nSPS) is 10.2. The zero-order valence-corrected chi connectivity index (χ0v) is 12.5. The SMILES string of the molecule is N#Cc1ccc(C(=O)NCc2nc(-c3ccc(F)cc3)n[nH]2)cc1. The van der Waals surface area contributed by atoms with Gasteiger partial charge in [0.25, 0.3) is 5.91 Å². The van der Waals surface area contributed by atoms with Crippen molar-refractivity contribution in [2.45, 2.75) is 6.54 Å². The maximum Gasteiger partial charge on any atom is 0.251 e. The number of carbonyl (C=O) groups is 1. The molecule has 1 amide bonds. The Bertz CT molecular complexity index is 894. The fourth-order valence-corrected chi connectivity index (χ4v) is 2.06. The number of nitriles is 1. The van der Waals surface area contributed by atoms with Crippen molar-refractivity contribution in [3.05, 3.63) is 71.3 Å². The second kappa shape index (κ2) is 6.71. The minimum atomic E-state index is -0.329. The number of hydrogen-bond donors (Lipinski definition) is 2. The minimum absolute atomic E-state index is 0.174. The first-order valence-electron chi connectivity index (χ1n) is 7.11. The number of aromatic amines is 1. The molecule has 118 valence electrons. The lowest BCUT2D eigenvalue weighted by atomic mass is 10.1. The fourth-order valence-electron chi connectivity index (χ4n) is 2.06. The molecule has 0 saturated carbocycles. The summed E-state index contributed by atoms with van der Waals surface area (Å²) in [6.07, 6.45) is 0. The van der Waals surface area contributed by atoms with Crippen molar-refractivity contribution >= 4 is 5.91 Å². The average molecular weight is 321 g/mol. The van der Waals surface area contributed by atoms with Gasteiger partial charge in [-0.1, -0.05) is 0 Å². The largest absolute Gasteiger partial charge is 0.345 e. The molecule has 1 aromatic heterocycles. The van der Waals surface area contributed by atoms with Crippen LogP contribution >= 0.6 is 0 Å². The first-order chi connectivity index (χ1) is 11.7. The van der Waals surface area contributed by atoms with Crippen molar-refractivity contribution < 1.29 is 9.18 Å². The summed E-state index contributed by atoms with van der Waals surface area (Å²) in [6.45, 7) is 0.174. The van der Waals surface area contributed by atoms with Gasteiger partial charge < -0.3 is 5.32 Å². The molecule has 0 spiro atoms. The van der Waals surface area contributed by atoms with Crippen LogP contribution in [0.4, 0.5) is 4.39 Å².